The third-order valence-electron chi connectivity index (χ3n) is 0. The summed E-state index contributed by atoms with van der Waals surface area (Å²) in [6.07, 6.45) is 0. The summed E-state index contributed by atoms with van der Waals surface area (Å²) in [5.41, 5.74) is 0. The molecule has 6 heteroatoms. The molecule has 2 radical (unpaired) electrons. The van der Waals surface area contributed by atoms with E-state index in [2.05, 4.69) is 0 Å². The SMILES string of the molecule is CC(=O)[O-].CC(=O)[O-].[NH4+].[PbH+]. The van der Waals surface area contributed by atoms with Gasteiger partial charge in [-0.3, -0.25) is 0 Å². The molecule has 0 saturated carbocycles. The molecule has 0 spiro atoms. The second kappa shape index (κ2) is 15.9. The van der Waals surface area contributed by atoms with Crippen molar-refractivity contribution in [2.24, 2.45) is 0 Å². The van der Waals surface area contributed by atoms with Crippen molar-refractivity contribution in [2.75, 3.05) is 0 Å². The van der Waals surface area contributed by atoms with Gasteiger partial charge in [-0.15, -0.1) is 0 Å². The number of rotatable bonds is 0. The first-order valence-electron chi connectivity index (χ1n) is 1.82. The second-order valence-electron chi connectivity index (χ2n) is 0.983. The fourth-order valence-electron chi connectivity index (χ4n) is 0. The van der Waals surface area contributed by atoms with E-state index in [-0.39, 0.29) is 33.4 Å². The molecule has 0 fully saturated rings. The van der Waals surface area contributed by atoms with Gasteiger partial charge in [-0.05, 0) is 13.8 Å². The van der Waals surface area contributed by atoms with Gasteiger partial charge in [0.2, 0.25) is 0 Å². The van der Waals surface area contributed by atoms with Gasteiger partial charge in [0.05, 0.1) is 0 Å². The Balaban J connectivity index is -0.0000000300. The van der Waals surface area contributed by atoms with Crippen molar-refractivity contribution >= 4 is 39.2 Å². The summed E-state index contributed by atoms with van der Waals surface area (Å²) < 4.78 is 0. The summed E-state index contributed by atoms with van der Waals surface area (Å²) in [4.78, 5) is 17.8. The van der Waals surface area contributed by atoms with Crippen LogP contribution in [-0.4, -0.2) is 39.2 Å². The van der Waals surface area contributed by atoms with Crippen LogP contribution in [0.3, 0.4) is 0 Å². The molecule has 60 valence electrons. The quantitative estimate of drug-likeness (QED) is 0.479. The molecule has 0 amide bonds. The summed E-state index contributed by atoms with van der Waals surface area (Å²) >= 11 is 0. The van der Waals surface area contributed by atoms with E-state index in [9.17, 15) is 0 Å². The van der Waals surface area contributed by atoms with Crippen molar-refractivity contribution < 1.29 is 19.8 Å². The predicted octanol–water partition coefficient (Wildman–Crippen LogP) is -2.76. The maximum absolute atomic E-state index is 8.89. The molecule has 0 aliphatic rings. The average Bonchev–Trinajstić information content (AvgIpc) is 1.25. The number of carbonyl (C=O) groups is 2. The fourth-order valence-corrected chi connectivity index (χ4v) is 0. The second-order valence-corrected chi connectivity index (χ2v) is 0.983. The first-order valence-corrected chi connectivity index (χ1v) is 1.82. The van der Waals surface area contributed by atoms with E-state index in [0.29, 0.717) is 0 Å². The van der Waals surface area contributed by atoms with Crippen LogP contribution in [0.1, 0.15) is 13.8 Å². The standard InChI is InChI=1S/2C2H4O2.H3N.Pb.H/c2*1-2(3)4;;;/h2*1H3,(H,3,4);1H3;;/q;;;+1;/p-1. The fraction of sp³-hybridized carbons (Fsp3) is 0.500. The number of quaternary nitrogens is 1. The third-order valence-corrected chi connectivity index (χ3v) is 0. The van der Waals surface area contributed by atoms with Gasteiger partial charge < -0.3 is 26.0 Å². The number of hydrogen-bond acceptors (Lipinski definition) is 4. The molecule has 5 nitrogen and oxygen atoms in total. The van der Waals surface area contributed by atoms with Gasteiger partial charge in [-0.2, -0.15) is 0 Å². The summed E-state index contributed by atoms with van der Waals surface area (Å²) in [6, 6.07) is 0. The van der Waals surface area contributed by atoms with Crippen LogP contribution in [-0.2, 0) is 9.59 Å². The van der Waals surface area contributed by atoms with E-state index in [1.54, 1.807) is 0 Å². The number of hydrogen-bond donors (Lipinski definition) is 1. The molecule has 0 aromatic heterocycles. The van der Waals surface area contributed by atoms with Crippen LogP contribution in [0.25, 0.3) is 0 Å². The van der Waals surface area contributed by atoms with Gasteiger partial charge in [-0.25, -0.2) is 0 Å². The molecule has 0 bridgehead atoms. The Morgan fingerprint density at radius 1 is 1.00 bits per heavy atom. The molecule has 0 atom stereocenters. The van der Waals surface area contributed by atoms with E-state index in [4.69, 9.17) is 19.8 Å². The van der Waals surface area contributed by atoms with E-state index in [1.807, 2.05) is 0 Å². The molecule has 4 N–H and O–H groups in total. The molecule has 0 heterocycles. The Hall–Kier alpha value is -0.178. The van der Waals surface area contributed by atoms with Gasteiger partial charge in [0.25, 0.3) is 0 Å². The van der Waals surface area contributed by atoms with E-state index < -0.39 is 11.9 Å². The first-order chi connectivity index (χ1) is 3.46. The van der Waals surface area contributed by atoms with Crippen LogP contribution < -0.4 is 16.4 Å². The van der Waals surface area contributed by atoms with E-state index >= 15 is 0 Å². The van der Waals surface area contributed by atoms with Crippen molar-refractivity contribution in [3.8, 4) is 0 Å². The normalized spacial score (nSPS) is 5.00. The molecule has 0 saturated heterocycles. The molecule has 0 aliphatic heterocycles. The molecular weight excluding hydrogens is 333 g/mol. The Labute approximate surface area is 79.2 Å². The summed E-state index contributed by atoms with van der Waals surface area (Å²) in [6.45, 7) is 1.94. The van der Waals surface area contributed by atoms with Crippen LogP contribution >= 0.6 is 0 Å². The molecule has 10 heavy (non-hydrogen) atoms. The molecular formula is C4H11NO4Pb. The van der Waals surface area contributed by atoms with Crippen LogP contribution in [0.2, 0.25) is 0 Å². The van der Waals surface area contributed by atoms with Gasteiger partial charge in [-0.1, -0.05) is 0 Å². The van der Waals surface area contributed by atoms with E-state index in [0.717, 1.165) is 13.8 Å². The topological polar surface area (TPSA) is 117 Å². The number of aliphatic carboxylic acids is 2. The van der Waals surface area contributed by atoms with Crippen molar-refractivity contribution in [1.82, 2.24) is 6.15 Å². The van der Waals surface area contributed by atoms with Gasteiger partial charge in [0.1, 0.15) is 0 Å². The Kier molecular flexibility index (Phi) is 35.9. The summed E-state index contributed by atoms with van der Waals surface area (Å²) in [7, 11) is 0. The molecule has 0 aromatic rings. The average molecular weight is 344 g/mol. The third kappa shape index (κ3) is 11500. The zero-order chi connectivity index (χ0) is 7.15. The number of carboxylic acid groups (broad SMARTS) is 2. The van der Waals surface area contributed by atoms with Crippen molar-refractivity contribution in [1.29, 1.82) is 0 Å². The Bertz CT molecular complexity index is 75.3. The Morgan fingerprint density at radius 3 is 1.00 bits per heavy atom. The summed E-state index contributed by atoms with van der Waals surface area (Å²) in [5, 5.41) is 17.8. The van der Waals surface area contributed by atoms with Crippen LogP contribution in [0.15, 0.2) is 0 Å². The van der Waals surface area contributed by atoms with Crippen LogP contribution in [0.4, 0.5) is 0 Å². The maximum atomic E-state index is 8.89. The van der Waals surface area contributed by atoms with Gasteiger partial charge in [0.15, 0.2) is 0 Å². The van der Waals surface area contributed by atoms with Crippen LogP contribution in [0.5, 0.6) is 0 Å². The zero-order valence-electron chi connectivity index (χ0n) is 6.21. The first kappa shape index (κ1) is 22.6. The minimum absolute atomic E-state index is 0. The molecule has 0 aliphatic carbocycles. The van der Waals surface area contributed by atoms with Crippen LogP contribution in [0, 0.1) is 0 Å². The Morgan fingerprint density at radius 2 is 1.00 bits per heavy atom. The van der Waals surface area contributed by atoms with E-state index in [1.165, 1.54) is 0 Å². The van der Waals surface area contributed by atoms with Crippen molar-refractivity contribution in [2.45, 2.75) is 13.8 Å². The van der Waals surface area contributed by atoms with Crippen molar-refractivity contribution in [3.05, 3.63) is 0 Å². The summed E-state index contributed by atoms with van der Waals surface area (Å²) in [5.74, 6) is -2.17. The zero-order valence-corrected chi connectivity index (χ0v) is 10.7. The monoisotopic (exact) mass is 345 g/mol. The number of carbonyl (C=O) groups excluding carboxylic acids is 2. The molecule has 0 aromatic carbocycles. The van der Waals surface area contributed by atoms with Crippen molar-refractivity contribution in [3.63, 3.8) is 0 Å². The number of carboxylic acids is 2. The minimum atomic E-state index is -1.08. The van der Waals surface area contributed by atoms with Gasteiger partial charge >= 0.3 is 27.3 Å². The van der Waals surface area contributed by atoms with Gasteiger partial charge in [0, 0.05) is 11.9 Å². The predicted molar refractivity (Wildman–Crippen MR) is 34.5 cm³/mol. The molecule has 0 rings (SSSR count). The molecule has 0 unspecified atom stereocenters.